The normalized spacial score (nSPS) is 11.5. The van der Waals surface area contributed by atoms with Gasteiger partial charge in [0.25, 0.3) is 0 Å². The third kappa shape index (κ3) is 3.38. The highest BCUT2D eigenvalue weighted by atomic mass is 16.5. The largest absolute Gasteiger partial charge is 0.493 e. The van der Waals surface area contributed by atoms with Gasteiger partial charge in [-0.1, -0.05) is 6.07 Å². The van der Waals surface area contributed by atoms with Crippen LogP contribution in [0.2, 0.25) is 0 Å². The monoisotopic (exact) mass is 267 g/mol. The van der Waals surface area contributed by atoms with Crippen molar-refractivity contribution in [1.29, 1.82) is 0 Å². The van der Waals surface area contributed by atoms with E-state index in [1.54, 1.807) is 40.0 Å². The summed E-state index contributed by atoms with van der Waals surface area (Å²) in [5.74, 6) is 0.448. The van der Waals surface area contributed by atoms with Crippen LogP contribution in [0.25, 0.3) is 0 Å². The number of ether oxygens (including phenoxy) is 2. The second kappa shape index (κ2) is 5.93. The van der Waals surface area contributed by atoms with Gasteiger partial charge in [-0.25, -0.2) is 0 Å². The number of benzene rings is 1. The Labute approximate surface area is 113 Å². The van der Waals surface area contributed by atoms with Crippen molar-refractivity contribution >= 4 is 5.97 Å². The average molecular weight is 267 g/mol. The first-order valence-electron chi connectivity index (χ1n) is 5.98. The first kappa shape index (κ1) is 15.3. The van der Waals surface area contributed by atoms with E-state index in [1.807, 2.05) is 18.2 Å². The maximum Gasteiger partial charge on any atom is 0.323 e. The summed E-state index contributed by atoms with van der Waals surface area (Å²) < 4.78 is 10.4. The van der Waals surface area contributed by atoms with E-state index in [2.05, 4.69) is 0 Å². The van der Waals surface area contributed by atoms with Crippen LogP contribution in [0.5, 0.6) is 11.5 Å². The van der Waals surface area contributed by atoms with Crippen molar-refractivity contribution in [3.05, 3.63) is 23.8 Å². The van der Waals surface area contributed by atoms with Crippen LogP contribution in [0.15, 0.2) is 18.2 Å². The van der Waals surface area contributed by atoms with Gasteiger partial charge in [-0.3, -0.25) is 9.69 Å². The lowest BCUT2D eigenvalue weighted by Crippen LogP contribution is -2.47. The van der Waals surface area contributed by atoms with Crippen LogP contribution >= 0.6 is 0 Å². The molecule has 0 bridgehead atoms. The number of carboxylic acids is 1. The molecule has 1 rings (SSSR count). The fraction of sp³-hybridized carbons (Fsp3) is 0.500. The van der Waals surface area contributed by atoms with Gasteiger partial charge in [0, 0.05) is 6.54 Å². The Balaban J connectivity index is 2.91. The smallest absolute Gasteiger partial charge is 0.323 e. The zero-order valence-corrected chi connectivity index (χ0v) is 12.1. The van der Waals surface area contributed by atoms with Gasteiger partial charge < -0.3 is 14.6 Å². The maximum absolute atomic E-state index is 11.2. The molecule has 0 radical (unpaired) electrons. The minimum Gasteiger partial charge on any atom is -0.493 e. The van der Waals surface area contributed by atoms with E-state index >= 15 is 0 Å². The lowest BCUT2D eigenvalue weighted by molar-refractivity contribution is -0.148. The molecule has 0 spiro atoms. The van der Waals surface area contributed by atoms with Crippen LogP contribution in [-0.4, -0.2) is 42.8 Å². The fourth-order valence-corrected chi connectivity index (χ4v) is 1.61. The number of carboxylic acid groups (broad SMARTS) is 1. The van der Waals surface area contributed by atoms with Gasteiger partial charge in [-0.2, -0.15) is 0 Å². The number of hydrogen-bond acceptors (Lipinski definition) is 4. The van der Waals surface area contributed by atoms with Crippen molar-refractivity contribution in [3.8, 4) is 11.5 Å². The van der Waals surface area contributed by atoms with E-state index in [-0.39, 0.29) is 0 Å². The molecule has 0 aliphatic heterocycles. The van der Waals surface area contributed by atoms with E-state index in [0.29, 0.717) is 18.0 Å². The molecule has 1 aromatic carbocycles. The highest BCUT2D eigenvalue weighted by Crippen LogP contribution is 2.28. The van der Waals surface area contributed by atoms with Crippen molar-refractivity contribution in [2.75, 3.05) is 21.3 Å². The molecule has 0 saturated carbocycles. The Hall–Kier alpha value is -1.75. The number of aliphatic carboxylic acids is 1. The van der Waals surface area contributed by atoms with Crippen LogP contribution < -0.4 is 9.47 Å². The number of carbonyl (C=O) groups is 1. The standard InChI is InChI=1S/C14H21NO4/c1-14(2,13(16)17)15(3)9-10-6-7-11(18-4)12(8-10)19-5/h6-8H,9H2,1-5H3,(H,16,17). The van der Waals surface area contributed by atoms with Crippen LogP contribution in [0.4, 0.5) is 0 Å². The summed E-state index contributed by atoms with van der Waals surface area (Å²) in [5.41, 5.74) is 0.0437. The molecule has 0 atom stereocenters. The van der Waals surface area contributed by atoms with Gasteiger partial charge in [-0.15, -0.1) is 0 Å². The molecule has 0 aliphatic rings. The van der Waals surface area contributed by atoms with Crippen molar-refractivity contribution in [1.82, 2.24) is 4.90 Å². The molecule has 106 valence electrons. The highest BCUT2D eigenvalue weighted by Gasteiger charge is 2.31. The van der Waals surface area contributed by atoms with Gasteiger partial charge in [0.05, 0.1) is 14.2 Å². The van der Waals surface area contributed by atoms with E-state index < -0.39 is 11.5 Å². The van der Waals surface area contributed by atoms with Gasteiger partial charge >= 0.3 is 5.97 Å². The summed E-state index contributed by atoms with van der Waals surface area (Å²) in [7, 11) is 4.94. The molecule has 1 N–H and O–H groups in total. The minimum atomic E-state index is -0.923. The predicted molar refractivity (Wildman–Crippen MR) is 72.7 cm³/mol. The summed E-state index contributed by atoms with van der Waals surface area (Å²) in [5, 5.41) is 9.19. The number of hydrogen-bond donors (Lipinski definition) is 1. The van der Waals surface area contributed by atoms with E-state index in [9.17, 15) is 9.90 Å². The molecule has 0 aromatic heterocycles. The predicted octanol–water partition coefficient (Wildman–Crippen LogP) is 2.00. The number of rotatable bonds is 6. The van der Waals surface area contributed by atoms with Crippen molar-refractivity contribution in [2.24, 2.45) is 0 Å². The van der Waals surface area contributed by atoms with Crippen LogP contribution in [0.3, 0.4) is 0 Å². The van der Waals surface area contributed by atoms with E-state index in [4.69, 9.17) is 9.47 Å². The molecule has 0 amide bonds. The van der Waals surface area contributed by atoms with E-state index in [1.165, 1.54) is 0 Å². The van der Waals surface area contributed by atoms with E-state index in [0.717, 1.165) is 5.56 Å². The Morgan fingerprint density at radius 1 is 1.26 bits per heavy atom. The lowest BCUT2D eigenvalue weighted by Gasteiger charge is -2.31. The average Bonchev–Trinajstić information content (AvgIpc) is 2.38. The maximum atomic E-state index is 11.2. The molecule has 5 nitrogen and oxygen atoms in total. The molecule has 0 unspecified atom stereocenters. The van der Waals surface area contributed by atoms with Crippen molar-refractivity contribution in [3.63, 3.8) is 0 Å². The molecular formula is C14H21NO4. The summed E-state index contributed by atoms with van der Waals surface area (Å²) in [6.45, 7) is 3.87. The zero-order valence-electron chi connectivity index (χ0n) is 12.1. The second-order valence-electron chi connectivity index (χ2n) is 4.91. The Morgan fingerprint density at radius 2 is 1.84 bits per heavy atom. The number of nitrogens with zero attached hydrogens (tertiary/aromatic N) is 1. The van der Waals surface area contributed by atoms with Crippen LogP contribution in [0.1, 0.15) is 19.4 Å². The Kier molecular flexibility index (Phi) is 4.78. The molecule has 5 heteroatoms. The zero-order chi connectivity index (χ0) is 14.6. The summed E-state index contributed by atoms with van der Waals surface area (Å²) >= 11 is 0. The highest BCUT2D eigenvalue weighted by molar-refractivity contribution is 5.77. The summed E-state index contributed by atoms with van der Waals surface area (Å²) in [6, 6.07) is 5.57. The SMILES string of the molecule is COc1ccc(CN(C)C(C)(C)C(=O)O)cc1OC. The third-order valence-corrected chi connectivity index (χ3v) is 3.35. The first-order valence-corrected chi connectivity index (χ1v) is 5.98. The topological polar surface area (TPSA) is 59.0 Å². The minimum absolute atomic E-state index is 0.514. The Bertz CT molecular complexity index is 457. The lowest BCUT2D eigenvalue weighted by atomic mass is 10.0. The van der Waals surface area contributed by atoms with Crippen molar-refractivity contribution in [2.45, 2.75) is 25.9 Å². The quantitative estimate of drug-likeness (QED) is 0.854. The van der Waals surface area contributed by atoms with Gasteiger partial charge in [-0.05, 0) is 38.6 Å². The van der Waals surface area contributed by atoms with Crippen LogP contribution in [-0.2, 0) is 11.3 Å². The molecule has 1 aromatic rings. The van der Waals surface area contributed by atoms with Crippen molar-refractivity contribution < 1.29 is 19.4 Å². The molecule has 0 aliphatic carbocycles. The Morgan fingerprint density at radius 3 is 2.32 bits per heavy atom. The molecule has 19 heavy (non-hydrogen) atoms. The fourth-order valence-electron chi connectivity index (χ4n) is 1.61. The van der Waals surface area contributed by atoms with Gasteiger partial charge in [0.2, 0.25) is 0 Å². The second-order valence-corrected chi connectivity index (χ2v) is 4.91. The summed E-state index contributed by atoms with van der Waals surface area (Å²) in [4.78, 5) is 13.0. The van der Waals surface area contributed by atoms with Crippen LogP contribution in [0, 0.1) is 0 Å². The molecule has 0 fully saturated rings. The number of methoxy groups -OCH3 is 2. The van der Waals surface area contributed by atoms with Gasteiger partial charge in [0.15, 0.2) is 11.5 Å². The summed E-state index contributed by atoms with van der Waals surface area (Å²) in [6.07, 6.45) is 0. The molecule has 0 heterocycles. The third-order valence-electron chi connectivity index (χ3n) is 3.35. The molecule has 0 saturated heterocycles. The van der Waals surface area contributed by atoms with Gasteiger partial charge in [0.1, 0.15) is 5.54 Å². The first-order chi connectivity index (χ1) is 8.82. The molecular weight excluding hydrogens is 246 g/mol. The number of likely N-dealkylation sites (N-methyl/N-ethyl adjacent to an activating group) is 1.